The van der Waals surface area contributed by atoms with Crippen LogP contribution in [0.1, 0.15) is 16.7 Å². The molecule has 0 radical (unpaired) electrons. The number of ether oxygens (including phenoxy) is 1. The summed E-state index contributed by atoms with van der Waals surface area (Å²) in [5.74, 6) is 0.788. The molecule has 0 heterocycles. The molecule has 0 unspecified atom stereocenters. The molecule has 0 bridgehead atoms. The SMILES string of the molecule is CN=C(NCCc1ccc(Cl)cc1)NCc1ccccc1COC. The van der Waals surface area contributed by atoms with E-state index in [1.54, 1.807) is 14.2 Å². The summed E-state index contributed by atoms with van der Waals surface area (Å²) in [7, 11) is 3.49. The third-order valence-corrected chi connectivity index (χ3v) is 3.96. The number of nitrogens with one attached hydrogen (secondary N) is 2. The zero-order valence-electron chi connectivity index (χ0n) is 14.2. The van der Waals surface area contributed by atoms with Gasteiger partial charge in [-0.3, -0.25) is 4.99 Å². The van der Waals surface area contributed by atoms with E-state index in [1.165, 1.54) is 16.7 Å². The predicted octanol–water partition coefficient (Wildman–Crippen LogP) is 3.39. The lowest BCUT2D eigenvalue weighted by Gasteiger charge is -2.14. The van der Waals surface area contributed by atoms with Crippen LogP contribution < -0.4 is 10.6 Å². The first-order chi connectivity index (χ1) is 11.7. The Bertz CT molecular complexity index is 656. The molecule has 2 aromatic rings. The van der Waals surface area contributed by atoms with Crippen LogP contribution in [0.5, 0.6) is 0 Å². The maximum atomic E-state index is 5.90. The van der Waals surface area contributed by atoms with Crippen LogP contribution in [-0.4, -0.2) is 26.7 Å². The number of nitrogens with zero attached hydrogens (tertiary/aromatic N) is 1. The zero-order valence-corrected chi connectivity index (χ0v) is 14.9. The van der Waals surface area contributed by atoms with Gasteiger partial charge >= 0.3 is 0 Å². The average molecular weight is 346 g/mol. The Hall–Kier alpha value is -2.04. The predicted molar refractivity (Wildman–Crippen MR) is 101 cm³/mol. The van der Waals surface area contributed by atoms with E-state index in [0.29, 0.717) is 13.2 Å². The second-order valence-corrected chi connectivity index (χ2v) is 5.87. The van der Waals surface area contributed by atoms with Gasteiger partial charge < -0.3 is 15.4 Å². The lowest BCUT2D eigenvalue weighted by atomic mass is 10.1. The lowest BCUT2D eigenvalue weighted by molar-refractivity contribution is 0.184. The Morgan fingerprint density at radius 1 is 1.04 bits per heavy atom. The summed E-state index contributed by atoms with van der Waals surface area (Å²) in [4.78, 5) is 4.27. The van der Waals surface area contributed by atoms with E-state index in [9.17, 15) is 0 Å². The topological polar surface area (TPSA) is 45.7 Å². The largest absolute Gasteiger partial charge is 0.380 e. The Labute approximate surface area is 148 Å². The summed E-state index contributed by atoms with van der Waals surface area (Å²) >= 11 is 5.90. The molecule has 4 nitrogen and oxygen atoms in total. The third kappa shape index (κ3) is 5.87. The molecule has 2 aromatic carbocycles. The quantitative estimate of drug-likeness (QED) is 0.597. The fourth-order valence-corrected chi connectivity index (χ4v) is 2.53. The van der Waals surface area contributed by atoms with Crippen molar-refractivity contribution in [3.63, 3.8) is 0 Å². The van der Waals surface area contributed by atoms with E-state index in [2.05, 4.69) is 27.8 Å². The maximum Gasteiger partial charge on any atom is 0.191 e. The molecular formula is C19H24ClN3O. The molecule has 0 atom stereocenters. The molecule has 0 aliphatic heterocycles. The van der Waals surface area contributed by atoms with Gasteiger partial charge in [0.15, 0.2) is 5.96 Å². The van der Waals surface area contributed by atoms with Crippen LogP contribution in [0.25, 0.3) is 0 Å². The van der Waals surface area contributed by atoms with Crippen LogP contribution in [0.3, 0.4) is 0 Å². The lowest BCUT2D eigenvalue weighted by Crippen LogP contribution is -2.38. The van der Waals surface area contributed by atoms with Gasteiger partial charge in [-0.2, -0.15) is 0 Å². The van der Waals surface area contributed by atoms with E-state index in [1.807, 2.05) is 36.4 Å². The van der Waals surface area contributed by atoms with Gasteiger partial charge in [0.25, 0.3) is 0 Å². The Balaban J connectivity index is 1.81. The van der Waals surface area contributed by atoms with Gasteiger partial charge in [0, 0.05) is 32.3 Å². The van der Waals surface area contributed by atoms with Gasteiger partial charge in [-0.25, -0.2) is 0 Å². The minimum Gasteiger partial charge on any atom is -0.380 e. The maximum absolute atomic E-state index is 5.90. The molecule has 2 N–H and O–H groups in total. The number of methoxy groups -OCH3 is 1. The molecule has 0 aliphatic rings. The highest BCUT2D eigenvalue weighted by Gasteiger charge is 2.03. The summed E-state index contributed by atoms with van der Waals surface area (Å²) in [6.07, 6.45) is 0.915. The fourth-order valence-electron chi connectivity index (χ4n) is 2.40. The van der Waals surface area contributed by atoms with Crippen molar-refractivity contribution in [3.05, 3.63) is 70.2 Å². The summed E-state index contributed by atoms with van der Waals surface area (Å²) < 4.78 is 5.24. The Morgan fingerprint density at radius 2 is 1.75 bits per heavy atom. The van der Waals surface area contributed by atoms with E-state index >= 15 is 0 Å². The van der Waals surface area contributed by atoms with E-state index in [-0.39, 0.29) is 0 Å². The van der Waals surface area contributed by atoms with Crippen molar-refractivity contribution in [1.82, 2.24) is 10.6 Å². The number of guanidine groups is 1. The van der Waals surface area contributed by atoms with Gasteiger partial charge in [0.2, 0.25) is 0 Å². The zero-order chi connectivity index (χ0) is 17.2. The molecule has 0 aliphatic carbocycles. The standard InChI is InChI=1S/C19H24ClN3O/c1-21-19(22-12-11-15-7-9-18(20)10-8-15)23-13-16-5-3-4-6-17(16)14-24-2/h3-10H,11-14H2,1-2H3,(H2,21,22,23). The van der Waals surface area contributed by atoms with Crippen LogP contribution in [0.4, 0.5) is 0 Å². The molecular weight excluding hydrogens is 322 g/mol. The van der Waals surface area contributed by atoms with Gasteiger partial charge in [0.1, 0.15) is 0 Å². The van der Waals surface area contributed by atoms with Gasteiger partial charge in [-0.1, -0.05) is 48.0 Å². The smallest absolute Gasteiger partial charge is 0.191 e. The summed E-state index contributed by atoms with van der Waals surface area (Å²) in [5, 5.41) is 7.43. The van der Waals surface area contributed by atoms with Crippen LogP contribution in [-0.2, 0) is 24.3 Å². The highest BCUT2D eigenvalue weighted by Crippen LogP contribution is 2.10. The molecule has 24 heavy (non-hydrogen) atoms. The van der Waals surface area contributed by atoms with Crippen LogP contribution in [0, 0.1) is 0 Å². The first-order valence-electron chi connectivity index (χ1n) is 7.97. The second-order valence-electron chi connectivity index (χ2n) is 5.43. The molecule has 128 valence electrons. The number of aliphatic imine (C=N–C) groups is 1. The Morgan fingerprint density at radius 3 is 2.42 bits per heavy atom. The first kappa shape index (κ1) is 18.3. The molecule has 2 rings (SSSR count). The van der Waals surface area contributed by atoms with Gasteiger partial charge in [-0.05, 0) is 35.2 Å². The number of halogens is 1. The molecule has 0 amide bonds. The van der Waals surface area contributed by atoms with Crippen molar-refractivity contribution in [3.8, 4) is 0 Å². The number of hydrogen-bond donors (Lipinski definition) is 2. The number of rotatable bonds is 7. The summed E-state index contributed by atoms with van der Waals surface area (Å²) in [6, 6.07) is 16.2. The van der Waals surface area contributed by atoms with Crippen molar-refractivity contribution in [1.29, 1.82) is 0 Å². The molecule has 0 aromatic heterocycles. The molecule has 5 heteroatoms. The van der Waals surface area contributed by atoms with Crippen LogP contribution >= 0.6 is 11.6 Å². The molecule has 0 saturated heterocycles. The third-order valence-electron chi connectivity index (χ3n) is 3.71. The molecule has 0 saturated carbocycles. The minimum absolute atomic E-state index is 0.612. The van der Waals surface area contributed by atoms with Gasteiger partial charge in [-0.15, -0.1) is 0 Å². The monoisotopic (exact) mass is 345 g/mol. The Kier molecular flexibility index (Phi) is 7.59. The van der Waals surface area contributed by atoms with Crippen LogP contribution in [0.15, 0.2) is 53.5 Å². The van der Waals surface area contributed by atoms with Crippen LogP contribution in [0.2, 0.25) is 5.02 Å². The van der Waals surface area contributed by atoms with Gasteiger partial charge in [0.05, 0.1) is 6.61 Å². The van der Waals surface area contributed by atoms with Crippen molar-refractivity contribution < 1.29 is 4.74 Å². The minimum atomic E-state index is 0.612. The van der Waals surface area contributed by atoms with Crippen molar-refractivity contribution in [2.45, 2.75) is 19.6 Å². The van der Waals surface area contributed by atoms with Crippen molar-refractivity contribution in [2.24, 2.45) is 4.99 Å². The summed E-state index contributed by atoms with van der Waals surface area (Å²) in [5.41, 5.74) is 3.64. The summed E-state index contributed by atoms with van der Waals surface area (Å²) in [6.45, 7) is 2.13. The highest BCUT2D eigenvalue weighted by molar-refractivity contribution is 6.30. The van der Waals surface area contributed by atoms with E-state index < -0.39 is 0 Å². The first-order valence-corrected chi connectivity index (χ1v) is 8.35. The number of hydrogen-bond acceptors (Lipinski definition) is 2. The van der Waals surface area contributed by atoms with Crippen molar-refractivity contribution >= 4 is 17.6 Å². The normalized spacial score (nSPS) is 11.4. The highest BCUT2D eigenvalue weighted by atomic mass is 35.5. The molecule has 0 fully saturated rings. The fraction of sp³-hybridized carbons (Fsp3) is 0.316. The van der Waals surface area contributed by atoms with E-state index in [0.717, 1.165) is 23.9 Å². The van der Waals surface area contributed by atoms with E-state index in [4.69, 9.17) is 16.3 Å². The number of benzene rings is 2. The second kappa shape index (κ2) is 9.96. The average Bonchev–Trinajstić information content (AvgIpc) is 2.61. The van der Waals surface area contributed by atoms with Crippen molar-refractivity contribution in [2.75, 3.05) is 20.7 Å². The molecule has 0 spiro atoms.